The lowest BCUT2D eigenvalue weighted by Gasteiger charge is -2.24. The van der Waals surface area contributed by atoms with Crippen molar-refractivity contribution in [3.8, 4) is 0 Å². The average molecular weight is 1010 g/mol. The second-order valence-electron chi connectivity index (χ2n) is 21.0. The Hall–Kier alpha value is -2.03. The Morgan fingerprint density at radius 1 is 0.457 bits per heavy atom. The van der Waals surface area contributed by atoms with Gasteiger partial charge in [-0.05, 0) is 51.4 Å². The molecule has 0 saturated carbocycles. The molecule has 0 saturated heterocycles. The van der Waals surface area contributed by atoms with Gasteiger partial charge >= 0.3 is 19.8 Å². The van der Waals surface area contributed by atoms with Gasteiger partial charge < -0.3 is 18.9 Å². The van der Waals surface area contributed by atoms with Gasteiger partial charge in [0.1, 0.15) is 19.8 Å². The lowest BCUT2D eigenvalue weighted by Crippen LogP contribution is -2.37. The van der Waals surface area contributed by atoms with E-state index in [4.69, 9.17) is 18.5 Å². The Balaban J connectivity index is 4.13. The maximum Gasteiger partial charge on any atom is 0.472 e. The van der Waals surface area contributed by atoms with Crippen LogP contribution in [0.1, 0.15) is 271 Å². The summed E-state index contributed by atoms with van der Waals surface area (Å²) in [6.07, 6.45) is 64.7. The molecule has 0 aromatic heterocycles. The van der Waals surface area contributed by atoms with Crippen molar-refractivity contribution in [3.05, 3.63) is 48.6 Å². The van der Waals surface area contributed by atoms with Gasteiger partial charge in [0.05, 0.1) is 27.7 Å². The highest BCUT2D eigenvalue weighted by atomic mass is 31.2. The van der Waals surface area contributed by atoms with Crippen LogP contribution in [-0.4, -0.2) is 74.9 Å². The van der Waals surface area contributed by atoms with Gasteiger partial charge in [0.2, 0.25) is 0 Å². The van der Waals surface area contributed by atoms with Crippen molar-refractivity contribution in [3.63, 3.8) is 0 Å². The molecule has 0 heterocycles. The summed E-state index contributed by atoms with van der Waals surface area (Å²) < 4.78 is 34.6. The largest absolute Gasteiger partial charge is 0.472 e. The van der Waals surface area contributed by atoms with E-state index in [9.17, 15) is 19.0 Å². The highest BCUT2D eigenvalue weighted by Crippen LogP contribution is 2.43. The molecule has 2 unspecified atom stereocenters. The Bertz CT molecular complexity index is 1320. The van der Waals surface area contributed by atoms with Gasteiger partial charge in [-0.1, -0.05) is 255 Å². The van der Waals surface area contributed by atoms with E-state index >= 15 is 0 Å². The number of phosphoric acid groups is 1. The third kappa shape index (κ3) is 55.3. The predicted octanol–water partition coefficient (Wildman–Crippen LogP) is 18.1. The summed E-state index contributed by atoms with van der Waals surface area (Å²) in [5.41, 5.74) is 0. The average Bonchev–Trinajstić information content (AvgIpc) is 3.32. The minimum absolute atomic E-state index is 0.0301. The van der Waals surface area contributed by atoms with E-state index in [0.29, 0.717) is 23.9 Å². The molecule has 0 radical (unpaired) electrons. The fourth-order valence-electron chi connectivity index (χ4n) is 8.36. The van der Waals surface area contributed by atoms with E-state index in [2.05, 4.69) is 62.5 Å². The number of carbonyl (C=O) groups is 2. The zero-order chi connectivity index (χ0) is 51.3. The Labute approximate surface area is 433 Å². The van der Waals surface area contributed by atoms with Crippen LogP contribution < -0.4 is 0 Å². The van der Waals surface area contributed by atoms with E-state index in [1.165, 1.54) is 167 Å². The van der Waals surface area contributed by atoms with Crippen LogP contribution in [0, 0.1) is 0 Å². The minimum atomic E-state index is -4.39. The summed E-state index contributed by atoms with van der Waals surface area (Å²) >= 11 is 0. The zero-order valence-electron chi connectivity index (χ0n) is 46.5. The molecular formula is C60H113NO8P+. The fraction of sp³-hybridized carbons (Fsp3) is 0.833. The van der Waals surface area contributed by atoms with Crippen molar-refractivity contribution < 1.29 is 42.1 Å². The molecule has 10 heteroatoms. The first-order chi connectivity index (χ1) is 34.0. The smallest absolute Gasteiger partial charge is 0.462 e. The molecular weight excluding hydrogens is 894 g/mol. The monoisotopic (exact) mass is 1010 g/mol. The van der Waals surface area contributed by atoms with Crippen molar-refractivity contribution in [1.82, 2.24) is 0 Å². The van der Waals surface area contributed by atoms with E-state index in [1.54, 1.807) is 0 Å². The second kappa shape index (κ2) is 51.9. The number of carbonyl (C=O) groups excluding carboxylic acids is 2. The van der Waals surface area contributed by atoms with Crippen LogP contribution in [0.3, 0.4) is 0 Å². The number of hydrogen-bond acceptors (Lipinski definition) is 7. The normalized spacial score (nSPS) is 13.6. The molecule has 9 nitrogen and oxygen atoms in total. The number of phosphoric ester groups is 1. The summed E-state index contributed by atoms with van der Waals surface area (Å²) in [5, 5.41) is 0. The SMILES string of the molecule is CC/C=C\C/C=C\C/C=C\C/C=C\CCCCCCCCCCC(=O)OC(COC(=O)CCCCCCCCCCCCCCCCCCCCCCCCCCC)COP(=O)(O)OCC[N+](C)(C)C. The summed E-state index contributed by atoms with van der Waals surface area (Å²) in [6, 6.07) is 0. The molecule has 0 rings (SSSR count). The number of likely N-dealkylation sites (N-methyl/N-ethyl adjacent to an activating group) is 1. The van der Waals surface area contributed by atoms with E-state index in [-0.39, 0.29) is 25.6 Å². The van der Waals surface area contributed by atoms with Gasteiger partial charge in [-0.15, -0.1) is 0 Å². The van der Waals surface area contributed by atoms with Crippen LogP contribution in [-0.2, 0) is 32.7 Å². The van der Waals surface area contributed by atoms with E-state index in [1.807, 2.05) is 21.1 Å². The van der Waals surface area contributed by atoms with Gasteiger partial charge in [-0.25, -0.2) is 4.57 Å². The minimum Gasteiger partial charge on any atom is -0.462 e. The Kier molecular flexibility index (Phi) is 50.4. The van der Waals surface area contributed by atoms with Crippen LogP contribution in [0.4, 0.5) is 0 Å². The molecule has 0 aromatic carbocycles. The molecule has 0 fully saturated rings. The fourth-order valence-corrected chi connectivity index (χ4v) is 9.10. The van der Waals surface area contributed by atoms with Crippen molar-refractivity contribution in [1.29, 1.82) is 0 Å². The van der Waals surface area contributed by atoms with Gasteiger partial charge in [0, 0.05) is 12.8 Å². The lowest BCUT2D eigenvalue weighted by atomic mass is 10.0. The number of quaternary nitrogens is 1. The van der Waals surface area contributed by atoms with Gasteiger partial charge in [-0.3, -0.25) is 18.6 Å². The number of rotatable bonds is 54. The number of ether oxygens (including phenoxy) is 2. The lowest BCUT2D eigenvalue weighted by molar-refractivity contribution is -0.870. The molecule has 0 aliphatic carbocycles. The standard InChI is InChI=1S/C60H112NO8P/c1-6-8-10-12-14-16-18-20-22-24-26-28-29-30-31-33-34-36-38-40-42-44-46-48-50-52-59(62)66-56-58(57-68-70(64,65)67-55-54-61(3,4)5)69-60(63)53-51-49-47-45-43-41-39-37-35-32-27-25-23-21-19-17-15-13-11-9-7-2/h9,11,15,17,21,23,27,32,58H,6-8,10,12-14,16,18-20,22,24-26,28-31,33-57H2,1-5H3/p+1/b11-9-,17-15-,23-21-,32-27-. The molecule has 0 aliphatic rings. The summed E-state index contributed by atoms with van der Waals surface area (Å²) in [4.78, 5) is 35.7. The molecule has 0 aliphatic heterocycles. The molecule has 2 atom stereocenters. The molecule has 1 N–H and O–H groups in total. The third-order valence-electron chi connectivity index (χ3n) is 12.9. The Morgan fingerprint density at radius 2 is 0.814 bits per heavy atom. The number of unbranched alkanes of at least 4 members (excludes halogenated alkanes) is 32. The molecule has 0 bridgehead atoms. The van der Waals surface area contributed by atoms with Crippen LogP contribution in [0.25, 0.3) is 0 Å². The summed E-state index contributed by atoms with van der Waals surface area (Å²) in [7, 11) is 1.48. The quantitative estimate of drug-likeness (QED) is 0.0211. The summed E-state index contributed by atoms with van der Waals surface area (Å²) in [5.74, 6) is -0.796. The third-order valence-corrected chi connectivity index (χ3v) is 13.9. The van der Waals surface area contributed by atoms with Gasteiger partial charge in [-0.2, -0.15) is 0 Å². The first-order valence-electron chi connectivity index (χ1n) is 29.4. The first-order valence-corrected chi connectivity index (χ1v) is 30.9. The zero-order valence-corrected chi connectivity index (χ0v) is 47.4. The second-order valence-corrected chi connectivity index (χ2v) is 22.5. The van der Waals surface area contributed by atoms with E-state index < -0.39 is 26.5 Å². The summed E-state index contributed by atoms with van der Waals surface area (Å²) in [6.45, 7) is 4.35. The number of allylic oxidation sites excluding steroid dienone is 8. The molecule has 0 spiro atoms. The topological polar surface area (TPSA) is 108 Å². The highest BCUT2D eigenvalue weighted by Gasteiger charge is 2.27. The highest BCUT2D eigenvalue weighted by molar-refractivity contribution is 7.47. The number of nitrogens with zero attached hydrogens (tertiary/aromatic N) is 1. The van der Waals surface area contributed by atoms with Crippen LogP contribution >= 0.6 is 7.82 Å². The van der Waals surface area contributed by atoms with Crippen LogP contribution in [0.15, 0.2) is 48.6 Å². The number of esters is 2. The van der Waals surface area contributed by atoms with Gasteiger partial charge in [0.25, 0.3) is 0 Å². The van der Waals surface area contributed by atoms with Crippen LogP contribution in [0.5, 0.6) is 0 Å². The maximum absolute atomic E-state index is 12.8. The van der Waals surface area contributed by atoms with Crippen molar-refractivity contribution in [2.24, 2.45) is 0 Å². The Morgan fingerprint density at radius 3 is 1.21 bits per heavy atom. The molecule has 410 valence electrons. The van der Waals surface area contributed by atoms with E-state index in [0.717, 1.165) is 70.6 Å². The number of hydrogen-bond donors (Lipinski definition) is 1. The van der Waals surface area contributed by atoms with Gasteiger partial charge in [0.15, 0.2) is 6.10 Å². The van der Waals surface area contributed by atoms with Crippen molar-refractivity contribution >= 4 is 19.8 Å². The predicted molar refractivity (Wildman–Crippen MR) is 298 cm³/mol. The van der Waals surface area contributed by atoms with Crippen molar-refractivity contribution in [2.75, 3.05) is 47.5 Å². The molecule has 0 amide bonds. The molecule has 0 aromatic rings. The maximum atomic E-state index is 12.8. The first kappa shape index (κ1) is 68.0. The molecule has 70 heavy (non-hydrogen) atoms. The van der Waals surface area contributed by atoms with Crippen LogP contribution in [0.2, 0.25) is 0 Å². The van der Waals surface area contributed by atoms with Crippen molar-refractivity contribution in [2.45, 2.75) is 277 Å².